The van der Waals surface area contributed by atoms with Crippen molar-refractivity contribution in [2.75, 3.05) is 18.0 Å². The maximum absolute atomic E-state index is 13.5. The van der Waals surface area contributed by atoms with E-state index in [0.717, 1.165) is 53.0 Å². The van der Waals surface area contributed by atoms with E-state index in [4.69, 9.17) is 14.2 Å². The minimum Gasteiger partial charge on any atom is -0.489 e. The molecular formula is C23H22BrFN4O3. The number of rotatable bonds is 5. The van der Waals surface area contributed by atoms with Gasteiger partial charge in [-0.05, 0) is 53.2 Å². The monoisotopic (exact) mass is 500 g/mol. The van der Waals surface area contributed by atoms with E-state index in [9.17, 15) is 4.39 Å². The fourth-order valence-corrected chi connectivity index (χ4v) is 4.18. The van der Waals surface area contributed by atoms with Crippen molar-refractivity contribution in [2.45, 2.75) is 38.4 Å². The summed E-state index contributed by atoms with van der Waals surface area (Å²) in [6.45, 7) is 3.43. The van der Waals surface area contributed by atoms with E-state index in [2.05, 4.69) is 36.0 Å². The molecule has 0 radical (unpaired) electrons. The van der Waals surface area contributed by atoms with Crippen molar-refractivity contribution in [1.82, 2.24) is 15.2 Å². The number of pyridine rings is 1. The molecule has 0 bridgehead atoms. The summed E-state index contributed by atoms with van der Waals surface area (Å²) in [7, 11) is 0. The van der Waals surface area contributed by atoms with Gasteiger partial charge < -0.3 is 19.1 Å². The second-order valence-corrected chi connectivity index (χ2v) is 8.69. The molecule has 2 saturated heterocycles. The van der Waals surface area contributed by atoms with Crippen LogP contribution in [0.25, 0.3) is 11.3 Å². The van der Waals surface area contributed by atoms with Crippen LogP contribution in [0.1, 0.15) is 31.6 Å². The summed E-state index contributed by atoms with van der Waals surface area (Å²) in [4.78, 5) is 6.46. The van der Waals surface area contributed by atoms with Gasteiger partial charge in [-0.2, -0.15) is 0 Å². The summed E-state index contributed by atoms with van der Waals surface area (Å²) in [5.74, 6) is 1.05. The molecule has 166 valence electrons. The van der Waals surface area contributed by atoms with E-state index in [0.29, 0.717) is 5.75 Å². The van der Waals surface area contributed by atoms with Gasteiger partial charge in [0.2, 0.25) is 0 Å². The van der Waals surface area contributed by atoms with Crippen LogP contribution in [-0.2, 0) is 9.47 Å². The van der Waals surface area contributed by atoms with Gasteiger partial charge >= 0.3 is 0 Å². The molecule has 2 aliphatic heterocycles. The number of aromatic nitrogens is 3. The molecule has 0 atom stereocenters. The molecule has 2 aromatic heterocycles. The Morgan fingerprint density at radius 1 is 1.06 bits per heavy atom. The lowest BCUT2D eigenvalue weighted by Crippen LogP contribution is -2.38. The van der Waals surface area contributed by atoms with Crippen molar-refractivity contribution in [3.05, 3.63) is 64.6 Å². The molecule has 0 spiro atoms. The van der Waals surface area contributed by atoms with Crippen LogP contribution in [0, 0.1) is 5.82 Å². The molecule has 1 aromatic carbocycles. The summed E-state index contributed by atoms with van der Waals surface area (Å²) in [6, 6.07) is 10.4. The average Bonchev–Trinajstić information content (AvgIpc) is 2.80. The molecule has 0 unspecified atom stereocenters. The van der Waals surface area contributed by atoms with Crippen LogP contribution >= 0.6 is 15.9 Å². The molecule has 4 heterocycles. The van der Waals surface area contributed by atoms with E-state index in [1.165, 1.54) is 12.1 Å². The van der Waals surface area contributed by atoms with Gasteiger partial charge in [-0.25, -0.2) is 4.39 Å². The van der Waals surface area contributed by atoms with Gasteiger partial charge in [-0.15, -0.1) is 10.2 Å². The zero-order valence-corrected chi connectivity index (χ0v) is 19.0. The third-order valence-corrected chi connectivity index (χ3v) is 6.22. The first-order valence-corrected chi connectivity index (χ1v) is 11.3. The Hall–Kier alpha value is -2.62. The van der Waals surface area contributed by atoms with Crippen LogP contribution in [0.5, 0.6) is 5.75 Å². The lowest BCUT2D eigenvalue weighted by molar-refractivity contribution is -0.382. The van der Waals surface area contributed by atoms with Crippen molar-refractivity contribution in [3.63, 3.8) is 0 Å². The Balaban J connectivity index is 1.20. The Bertz CT molecular complexity index is 1090. The molecule has 0 amide bonds. The molecule has 32 heavy (non-hydrogen) atoms. The molecule has 0 N–H and O–H groups in total. The van der Waals surface area contributed by atoms with Crippen molar-refractivity contribution < 1.29 is 18.6 Å². The minimum atomic E-state index is -0.374. The summed E-state index contributed by atoms with van der Waals surface area (Å²) in [6.07, 6.45) is 4.59. The van der Waals surface area contributed by atoms with Crippen molar-refractivity contribution >= 4 is 21.7 Å². The predicted molar refractivity (Wildman–Crippen MR) is 120 cm³/mol. The molecular weight excluding hydrogens is 479 g/mol. The summed E-state index contributed by atoms with van der Waals surface area (Å²) >= 11 is 3.42. The Morgan fingerprint density at radius 3 is 2.59 bits per heavy atom. The van der Waals surface area contributed by atoms with Crippen molar-refractivity contribution in [3.8, 4) is 17.0 Å². The molecule has 0 saturated carbocycles. The van der Waals surface area contributed by atoms with E-state index in [1.54, 1.807) is 18.5 Å². The van der Waals surface area contributed by atoms with Crippen LogP contribution in [-0.4, -0.2) is 40.7 Å². The van der Waals surface area contributed by atoms with E-state index in [-0.39, 0.29) is 24.5 Å². The molecule has 0 aliphatic carbocycles. The highest BCUT2D eigenvalue weighted by Gasteiger charge is 2.29. The smallest absolute Gasteiger partial charge is 0.191 e. The van der Waals surface area contributed by atoms with Gasteiger partial charge in [0.05, 0.1) is 10.2 Å². The van der Waals surface area contributed by atoms with Gasteiger partial charge in [0.1, 0.15) is 17.7 Å². The largest absolute Gasteiger partial charge is 0.489 e. The minimum absolute atomic E-state index is 0.0315. The van der Waals surface area contributed by atoms with Crippen LogP contribution in [0.4, 0.5) is 10.2 Å². The van der Waals surface area contributed by atoms with Crippen LogP contribution in [0.2, 0.25) is 0 Å². The normalized spacial score (nSPS) is 21.3. The number of ether oxygens (including phenoxy) is 3. The average molecular weight is 501 g/mol. The van der Waals surface area contributed by atoms with Gasteiger partial charge in [0.25, 0.3) is 0 Å². The molecule has 2 aliphatic rings. The topological polar surface area (TPSA) is 69.6 Å². The summed E-state index contributed by atoms with van der Waals surface area (Å²) in [5, 5.41) is 8.82. The van der Waals surface area contributed by atoms with E-state index < -0.39 is 0 Å². The number of nitrogens with zero attached hydrogens (tertiary/aromatic N) is 4. The molecule has 9 heteroatoms. The van der Waals surface area contributed by atoms with E-state index >= 15 is 0 Å². The van der Waals surface area contributed by atoms with Crippen LogP contribution in [0.15, 0.2) is 53.3 Å². The number of hydrogen-bond acceptors (Lipinski definition) is 7. The maximum Gasteiger partial charge on any atom is 0.191 e. The second-order valence-electron chi connectivity index (χ2n) is 7.83. The third-order valence-electron chi connectivity index (χ3n) is 5.56. The second kappa shape index (κ2) is 9.09. The van der Waals surface area contributed by atoms with E-state index in [1.807, 2.05) is 25.1 Å². The number of benzene rings is 1. The van der Waals surface area contributed by atoms with Crippen LogP contribution < -0.4 is 9.64 Å². The fraction of sp³-hybridized carbons (Fsp3) is 0.348. The number of hydrogen-bond donors (Lipinski definition) is 0. The lowest BCUT2D eigenvalue weighted by atomic mass is 10.1. The highest BCUT2D eigenvalue weighted by molar-refractivity contribution is 9.10. The van der Waals surface area contributed by atoms with Gasteiger partial charge in [0, 0.05) is 55.5 Å². The molecule has 2 fully saturated rings. The fourth-order valence-electron chi connectivity index (χ4n) is 3.84. The quantitative estimate of drug-likeness (QED) is 0.494. The highest BCUT2D eigenvalue weighted by Crippen LogP contribution is 2.33. The first kappa shape index (κ1) is 21.2. The number of piperidine rings is 1. The zero-order chi connectivity index (χ0) is 22.1. The standard InChI is InChI=1S/C23H22BrFN4O3/c1-14-30-23(31-14)16-10-15(12-26-13-16)20-4-5-22(28-27-20)29-8-6-18(7-9-29)32-21-11-17(25)2-3-19(21)24/h2-5,10-14,18,23H,6-9H2,1H3. The van der Waals surface area contributed by atoms with Crippen molar-refractivity contribution in [2.24, 2.45) is 0 Å². The lowest BCUT2D eigenvalue weighted by Gasteiger charge is -2.33. The Kier molecular flexibility index (Phi) is 6.03. The first-order chi connectivity index (χ1) is 15.5. The number of anilines is 1. The highest BCUT2D eigenvalue weighted by atomic mass is 79.9. The van der Waals surface area contributed by atoms with Gasteiger partial charge in [-0.3, -0.25) is 4.98 Å². The Labute approximate surface area is 193 Å². The summed E-state index contributed by atoms with van der Waals surface area (Å²) in [5.41, 5.74) is 2.46. The number of halogens is 2. The van der Waals surface area contributed by atoms with Gasteiger partial charge in [-0.1, -0.05) is 0 Å². The first-order valence-electron chi connectivity index (χ1n) is 10.5. The SMILES string of the molecule is CC1OC(c2cncc(-c3ccc(N4CCC(Oc5cc(F)ccc5Br)CC4)nn3)c2)O1. The molecule has 7 nitrogen and oxygen atoms in total. The maximum atomic E-state index is 13.5. The Morgan fingerprint density at radius 2 is 1.88 bits per heavy atom. The van der Waals surface area contributed by atoms with Crippen molar-refractivity contribution in [1.29, 1.82) is 0 Å². The van der Waals surface area contributed by atoms with Gasteiger partial charge in [0.15, 0.2) is 18.4 Å². The third kappa shape index (κ3) is 4.60. The van der Waals surface area contributed by atoms with Crippen LogP contribution in [0.3, 0.4) is 0 Å². The summed E-state index contributed by atoms with van der Waals surface area (Å²) < 4.78 is 31.3. The molecule has 5 rings (SSSR count). The predicted octanol–water partition coefficient (Wildman–Crippen LogP) is 4.88. The molecule has 3 aromatic rings. The zero-order valence-electron chi connectivity index (χ0n) is 17.4.